The number of thioether (sulfide) groups is 1. The molecule has 0 aromatic rings. The van der Waals surface area contributed by atoms with E-state index in [9.17, 15) is 5.11 Å². The smallest absolute Gasteiger partial charge is 0.155 e. The van der Waals surface area contributed by atoms with E-state index in [0.29, 0.717) is 12.0 Å². The minimum Gasteiger partial charge on any atom is -0.369 e. The Morgan fingerprint density at radius 3 is 3.00 bits per heavy atom. The molecule has 3 unspecified atom stereocenters. The number of hydrogen-bond donors (Lipinski definition) is 1. The fraction of sp³-hybridized carbons (Fsp3) is 0.556. The Morgan fingerprint density at radius 2 is 2.17 bits per heavy atom. The molecule has 1 saturated heterocycles. The molecule has 1 aliphatic heterocycles. The van der Waals surface area contributed by atoms with Crippen LogP contribution in [0.2, 0.25) is 0 Å². The van der Waals surface area contributed by atoms with E-state index in [1.54, 1.807) is 11.8 Å². The van der Waals surface area contributed by atoms with Crippen molar-refractivity contribution >= 4 is 11.8 Å². The predicted molar refractivity (Wildman–Crippen MR) is 51.8 cm³/mol. The van der Waals surface area contributed by atoms with Gasteiger partial charge in [-0.2, -0.15) is 0 Å². The molecule has 0 aromatic heterocycles. The molecule has 0 aromatic carbocycles. The number of rotatable bonds is 0. The Balaban J connectivity index is 2.15. The van der Waals surface area contributed by atoms with Gasteiger partial charge in [0.1, 0.15) is 0 Å². The molecule has 2 aliphatic rings. The first-order valence-electron chi connectivity index (χ1n) is 4.15. The summed E-state index contributed by atoms with van der Waals surface area (Å²) in [6, 6.07) is 0.395. The molecule has 0 spiro atoms. The lowest BCUT2D eigenvalue weighted by Crippen LogP contribution is -2.47. The lowest BCUT2D eigenvalue weighted by Gasteiger charge is -2.40. The van der Waals surface area contributed by atoms with Crippen LogP contribution in [0.1, 0.15) is 0 Å². The van der Waals surface area contributed by atoms with E-state index in [4.69, 9.17) is 0 Å². The third-order valence-electron chi connectivity index (χ3n) is 2.47. The maximum Gasteiger partial charge on any atom is 0.155 e. The quantitative estimate of drug-likeness (QED) is 0.607. The maximum absolute atomic E-state index is 9.55. The Hall–Kier alpha value is -0.250. The van der Waals surface area contributed by atoms with Gasteiger partial charge in [-0.05, 0) is 7.05 Å². The van der Waals surface area contributed by atoms with Crippen LogP contribution < -0.4 is 0 Å². The molecule has 1 fully saturated rings. The summed E-state index contributed by atoms with van der Waals surface area (Å²) in [5, 5.41) is 9.55. The standard InChI is InChI=1S/C9H13NOS/c1-10-8-5-3-2-4-7(8)6-12-9(10)11/h2-5,7-9,11H,6H2,1H3. The molecule has 1 heterocycles. The Labute approximate surface area is 76.9 Å². The zero-order chi connectivity index (χ0) is 8.55. The maximum atomic E-state index is 9.55. The largest absolute Gasteiger partial charge is 0.369 e. The number of allylic oxidation sites excluding steroid dienone is 2. The van der Waals surface area contributed by atoms with Crippen molar-refractivity contribution in [3.8, 4) is 0 Å². The molecule has 66 valence electrons. The van der Waals surface area contributed by atoms with E-state index in [2.05, 4.69) is 24.3 Å². The van der Waals surface area contributed by atoms with Crippen LogP contribution in [0.3, 0.4) is 0 Å². The lowest BCUT2D eigenvalue weighted by molar-refractivity contribution is 0.0590. The van der Waals surface area contributed by atoms with Gasteiger partial charge in [0, 0.05) is 17.7 Å². The van der Waals surface area contributed by atoms with Crippen molar-refractivity contribution in [2.24, 2.45) is 5.92 Å². The number of aliphatic hydroxyl groups excluding tert-OH is 1. The molecule has 1 aliphatic carbocycles. The van der Waals surface area contributed by atoms with E-state index in [-0.39, 0.29) is 5.56 Å². The highest BCUT2D eigenvalue weighted by Crippen LogP contribution is 2.31. The second kappa shape index (κ2) is 3.24. The summed E-state index contributed by atoms with van der Waals surface area (Å²) in [6.07, 6.45) is 8.53. The van der Waals surface area contributed by atoms with Crippen LogP contribution >= 0.6 is 11.8 Å². The molecule has 0 bridgehead atoms. The SMILES string of the molecule is CN1C(O)SCC2C=CC=CC21. The normalized spacial score (nSPS) is 41.3. The van der Waals surface area contributed by atoms with Crippen LogP contribution in [0.4, 0.5) is 0 Å². The van der Waals surface area contributed by atoms with Gasteiger partial charge in [-0.3, -0.25) is 4.90 Å². The molecule has 0 saturated carbocycles. The summed E-state index contributed by atoms with van der Waals surface area (Å²) in [5.41, 5.74) is -0.331. The van der Waals surface area contributed by atoms with Crippen LogP contribution in [-0.4, -0.2) is 34.4 Å². The number of nitrogens with zero attached hydrogens (tertiary/aromatic N) is 1. The first kappa shape index (κ1) is 8.35. The van der Waals surface area contributed by atoms with E-state index in [1.807, 2.05) is 11.9 Å². The van der Waals surface area contributed by atoms with Crippen LogP contribution in [0.5, 0.6) is 0 Å². The molecule has 3 heteroatoms. The highest BCUT2D eigenvalue weighted by molar-refractivity contribution is 7.99. The summed E-state index contributed by atoms with van der Waals surface area (Å²) >= 11 is 1.61. The van der Waals surface area contributed by atoms with Crippen molar-refractivity contribution in [3.63, 3.8) is 0 Å². The average molecular weight is 183 g/mol. The fourth-order valence-corrected chi connectivity index (χ4v) is 2.77. The molecule has 1 N–H and O–H groups in total. The summed E-state index contributed by atoms with van der Waals surface area (Å²) < 4.78 is 0. The molecule has 12 heavy (non-hydrogen) atoms. The summed E-state index contributed by atoms with van der Waals surface area (Å²) in [6.45, 7) is 0. The monoisotopic (exact) mass is 183 g/mol. The van der Waals surface area contributed by atoms with Gasteiger partial charge < -0.3 is 5.11 Å². The van der Waals surface area contributed by atoms with Gasteiger partial charge in [-0.1, -0.05) is 24.3 Å². The predicted octanol–water partition coefficient (Wildman–Crippen LogP) is 1.05. The molecule has 2 nitrogen and oxygen atoms in total. The Kier molecular flexibility index (Phi) is 2.26. The summed E-state index contributed by atoms with van der Waals surface area (Å²) in [4.78, 5) is 2.01. The molecule has 0 amide bonds. The van der Waals surface area contributed by atoms with Crippen molar-refractivity contribution in [2.45, 2.75) is 11.6 Å². The van der Waals surface area contributed by atoms with Crippen LogP contribution in [0.15, 0.2) is 24.3 Å². The van der Waals surface area contributed by atoms with Gasteiger partial charge in [-0.15, -0.1) is 11.8 Å². The van der Waals surface area contributed by atoms with Crippen LogP contribution in [0.25, 0.3) is 0 Å². The highest BCUT2D eigenvalue weighted by Gasteiger charge is 2.32. The molecule has 2 rings (SSSR count). The third-order valence-corrected chi connectivity index (χ3v) is 3.68. The van der Waals surface area contributed by atoms with Gasteiger partial charge in [0.2, 0.25) is 0 Å². The molecular weight excluding hydrogens is 170 g/mol. The van der Waals surface area contributed by atoms with Crippen molar-refractivity contribution in [2.75, 3.05) is 12.8 Å². The van der Waals surface area contributed by atoms with Crippen LogP contribution in [0, 0.1) is 5.92 Å². The highest BCUT2D eigenvalue weighted by atomic mass is 32.2. The Morgan fingerprint density at radius 1 is 1.42 bits per heavy atom. The summed E-state index contributed by atoms with van der Waals surface area (Å²) in [7, 11) is 1.97. The number of aliphatic hydroxyl groups is 1. The van der Waals surface area contributed by atoms with E-state index < -0.39 is 0 Å². The minimum atomic E-state index is -0.331. The van der Waals surface area contributed by atoms with Gasteiger partial charge >= 0.3 is 0 Å². The van der Waals surface area contributed by atoms with E-state index in [1.165, 1.54) is 0 Å². The van der Waals surface area contributed by atoms with E-state index >= 15 is 0 Å². The summed E-state index contributed by atoms with van der Waals surface area (Å²) in [5.74, 6) is 1.60. The minimum absolute atomic E-state index is 0.331. The number of likely N-dealkylation sites (N-methyl/N-ethyl adjacent to an activating group) is 1. The van der Waals surface area contributed by atoms with Gasteiger partial charge in [0.25, 0.3) is 0 Å². The van der Waals surface area contributed by atoms with Gasteiger partial charge in [0.05, 0.1) is 0 Å². The van der Waals surface area contributed by atoms with Crippen LogP contribution in [-0.2, 0) is 0 Å². The fourth-order valence-electron chi connectivity index (χ4n) is 1.70. The van der Waals surface area contributed by atoms with Crippen molar-refractivity contribution < 1.29 is 5.11 Å². The first-order valence-corrected chi connectivity index (χ1v) is 5.20. The molecule has 0 radical (unpaired) electrons. The number of hydrogen-bond acceptors (Lipinski definition) is 3. The van der Waals surface area contributed by atoms with E-state index in [0.717, 1.165) is 5.75 Å². The van der Waals surface area contributed by atoms with Crippen molar-refractivity contribution in [1.82, 2.24) is 4.90 Å². The van der Waals surface area contributed by atoms with Crippen molar-refractivity contribution in [3.05, 3.63) is 24.3 Å². The second-order valence-electron chi connectivity index (χ2n) is 3.25. The van der Waals surface area contributed by atoms with Crippen molar-refractivity contribution in [1.29, 1.82) is 0 Å². The molecule has 3 atom stereocenters. The first-order chi connectivity index (χ1) is 5.79. The zero-order valence-electron chi connectivity index (χ0n) is 7.05. The number of fused-ring (bicyclic) bond motifs is 1. The Bertz CT molecular complexity index is 227. The van der Waals surface area contributed by atoms with Gasteiger partial charge in [-0.25, -0.2) is 0 Å². The second-order valence-corrected chi connectivity index (χ2v) is 4.34. The zero-order valence-corrected chi connectivity index (χ0v) is 7.87. The third kappa shape index (κ3) is 1.32. The lowest BCUT2D eigenvalue weighted by atomic mass is 9.96. The van der Waals surface area contributed by atoms with Gasteiger partial charge in [0.15, 0.2) is 5.56 Å². The topological polar surface area (TPSA) is 23.5 Å². The molecular formula is C9H13NOS. The average Bonchev–Trinajstić information content (AvgIpc) is 2.12.